The van der Waals surface area contributed by atoms with Crippen molar-refractivity contribution in [1.29, 1.82) is 0 Å². The average molecular weight is 283 g/mol. The van der Waals surface area contributed by atoms with E-state index in [9.17, 15) is 0 Å². The molecule has 1 saturated carbocycles. The Morgan fingerprint density at radius 1 is 1.25 bits per heavy atom. The smallest absolute Gasteiger partial charge is 0.0413 e. The molecular weight excluding hydrogens is 264 g/mol. The van der Waals surface area contributed by atoms with Gasteiger partial charge < -0.3 is 5.73 Å². The fraction of sp³-hybridized carbons (Fsp3) is 0.615. The molecule has 2 atom stereocenters. The minimum atomic E-state index is 0.368. The van der Waals surface area contributed by atoms with E-state index in [4.69, 9.17) is 5.73 Å². The van der Waals surface area contributed by atoms with Crippen LogP contribution in [0.3, 0.4) is 0 Å². The normalized spacial score (nSPS) is 26.4. The summed E-state index contributed by atoms with van der Waals surface area (Å²) >= 11 is 3.41. The van der Waals surface area contributed by atoms with Gasteiger partial charge >= 0.3 is 0 Å². The highest BCUT2D eigenvalue weighted by Crippen LogP contribution is 2.25. The van der Waals surface area contributed by atoms with Crippen molar-refractivity contribution in [2.45, 2.75) is 44.6 Å². The third-order valence-electron chi connectivity index (χ3n) is 3.48. The van der Waals surface area contributed by atoms with Crippen molar-refractivity contribution in [2.75, 3.05) is 0 Å². The zero-order valence-corrected chi connectivity index (χ0v) is 11.1. The third kappa shape index (κ3) is 3.29. The van der Waals surface area contributed by atoms with Crippen LogP contribution in [0.15, 0.2) is 22.8 Å². The van der Waals surface area contributed by atoms with Crippen LogP contribution in [0.4, 0.5) is 0 Å². The number of halogens is 1. The quantitative estimate of drug-likeness (QED) is 0.846. The molecule has 88 valence electrons. The topological polar surface area (TPSA) is 38.9 Å². The van der Waals surface area contributed by atoms with Crippen LogP contribution in [0.2, 0.25) is 0 Å². The van der Waals surface area contributed by atoms with Crippen LogP contribution in [-0.4, -0.2) is 11.0 Å². The van der Waals surface area contributed by atoms with Crippen molar-refractivity contribution in [3.8, 4) is 0 Å². The van der Waals surface area contributed by atoms with Crippen molar-refractivity contribution in [1.82, 2.24) is 4.98 Å². The van der Waals surface area contributed by atoms with Crippen molar-refractivity contribution >= 4 is 15.9 Å². The molecule has 1 heterocycles. The summed E-state index contributed by atoms with van der Waals surface area (Å²) in [5, 5.41) is 0. The Bertz CT molecular complexity index is 323. The Kier molecular flexibility index (Phi) is 4.36. The molecule has 0 bridgehead atoms. The van der Waals surface area contributed by atoms with Gasteiger partial charge in [0.2, 0.25) is 0 Å². The van der Waals surface area contributed by atoms with Gasteiger partial charge in [0, 0.05) is 22.4 Å². The van der Waals surface area contributed by atoms with Gasteiger partial charge in [-0.2, -0.15) is 0 Å². The first-order valence-electron chi connectivity index (χ1n) is 6.12. The number of rotatable bonds is 2. The standard InChI is InChI=1S/C13H19BrN2/c14-11-6-7-12(16-9-11)8-10-4-2-1-3-5-13(10)15/h6-7,9-10,13H,1-5,8,15H2. The first-order chi connectivity index (χ1) is 7.75. The van der Waals surface area contributed by atoms with E-state index in [0.717, 1.165) is 10.9 Å². The largest absolute Gasteiger partial charge is 0.327 e. The molecule has 0 aromatic carbocycles. The predicted octanol–water partition coefficient (Wildman–Crippen LogP) is 3.29. The lowest BCUT2D eigenvalue weighted by Gasteiger charge is -2.20. The molecule has 0 aliphatic heterocycles. The number of pyridine rings is 1. The summed E-state index contributed by atoms with van der Waals surface area (Å²) in [7, 11) is 0. The Morgan fingerprint density at radius 2 is 2.06 bits per heavy atom. The number of nitrogens with two attached hydrogens (primary N) is 1. The Labute approximate surface area is 106 Å². The van der Waals surface area contributed by atoms with Crippen molar-refractivity contribution in [3.63, 3.8) is 0 Å². The maximum absolute atomic E-state index is 6.22. The number of aromatic nitrogens is 1. The zero-order valence-electron chi connectivity index (χ0n) is 9.53. The molecule has 1 aromatic rings. The van der Waals surface area contributed by atoms with Gasteiger partial charge in [0.1, 0.15) is 0 Å². The molecule has 0 amide bonds. The minimum Gasteiger partial charge on any atom is -0.327 e. The van der Waals surface area contributed by atoms with Crippen LogP contribution in [-0.2, 0) is 6.42 Å². The number of hydrogen-bond donors (Lipinski definition) is 1. The molecular formula is C13H19BrN2. The highest BCUT2D eigenvalue weighted by atomic mass is 79.9. The monoisotopic (exact) mass is 282 g/mol. The molecule has 1 fully saturated rings. The molecule has 0 spiro atoms. The Hall–Kier alpha value is -0.410. The van der Waals surface area contributed by atoms with Crippen LogP contribution in [0.25, 0.3) is 0 Å². The van der Waals surface area contributed by atoms with Gasteiger partial charge in [-0.25, -0.2) is 0 Å². The maximum Gasteiger partial charge on any atom is 0.0413 e. The summed E-state index contributed by atoms with van der Waals surface area (Å²) in [4.78, 5) is 4.43. The molecule has 1 aliphatic rings. The molecule has 3 heteroatoms. The third-order valence-corrected chi connectivity index (χ3v) is 3.95. The van der Waals surface area contributed by atoms with Crippen LogP contribution < -0.4 is 5.73 Å². The van der Waals surface area contributed by atoms with E-state index in [1.54, 1.807) is 0 Å². The van der Waals surface area contributed by atoms with Gasteiger partial charge in [-0.05, 0) is 53.2 Å². The maximum atomic E-state index is 6.22. The van der Waals surface area contributed by atoms with Gasteiger partial charge in [0.15, 0.2) is 0 Å². The SMILES string of the molecule is NC1CCCCCC1Cc1ccc(Br)cn1. The second kappa shape index (κ2) is 5.78. The van der Waals surface area contributed by atoms with E-state index in [-0.39, 0.29) is 0 Å². The summed E-state index contributed by atoms with van der Waals surface area (Å²) in [6.45, 7) is 0. The lowest BCUT2D eigenvalue weighted by atomic mass is 9.91. The van der Waals surface area contributed by atoms with Crippen LogP contribution >= 0.6 is 15.9 Å². The lowest BCUT2D eigenvalue weighted by molar-refractivity contribution is 0.392. The highest BCUT2D eigenvalue weighted by Gasteiger charge is 2.20. The van der Waals surface area contributed by atoms with E-state index in [0.29, 0.717) is 12.0 Å². The summed E-state index contributed by atoms with van der Waals surface area (Å²) in [6.07, 6.45) is 9.32. The summed E-state index contributed by atoms with van der Waals surface area (Å²) in [6, 6.07) is 4.53. The number of hydrogen-bond acceptors (Lipinski definition) is 2. The summed E-state index contributed by atoms with van der Waals surface area (Å²) in [5.74, 6) is 0.621. The van der Waals surface area contributed by atoms with Gasteiger partial charge in [-0.3, -0.25) is 4.98 Å². The van der Waals surface area contributed by atoms with E-state index < -0.39 is 0 Å². The predicted molar refractivity (Wildman–Crippen MR) is 70.2 cm³/mol. The number of nitrogens with zero attached hydrogens (tertiary/aromatic N) is 1. The van der Waals surface area contributed by atoms with Crippen LogP contribution in [0.1, 0.15) is 37.8 Å². The average Bonchev–Trinajstić information content (AvgIpc) is 2.48. The Balaban J connectivity index is 1.99. The molecule has 2 N–H and O–H groups in total. The second-order valence-corrected chi connectivity index (χ2v) is 5.65. The van der Waals surface area contributed by atoms with Crippen molar-refractivity contribution < 1.29 is 0 Å². The Morgan fingerprint density at radius 3 is 2.81 bits per heavy atom. The van der Waals surface area contributed by atoms with Gasteiger partial charge in [0.05, 0.1) is 0 Å². The van der Waals surface area contributed by atoms with E-state index in [1.165, 1.54) is 37.8 Å². The van der Waals surface area contributed by atoms with E-state index in [2.05, 4.69) is 33.0 Å². The molecule has 0 saturated heterocycles. The van der Waals surface area contributed by atoms with E-state index in [1.807, 2.05) is 6.20 Å². The summed E-state index contributed by atoms with van der Waals surface area (Å²) < 4.78 is 1.04. The molecule has 0 radical (unpaired) electrons. The molecule has 16 heavy (non-hydrogen) atoms. The van der Waals surface area contributed by atoms with Crippen LogP contribution in [0, 0.1) is 5.92 Å². The zero-order chi connectivity index (χ0) is 11.4. The highest BCUT2D eigenvalue weighted by molar-refractivity contribution is 9.10. The van der Waals surface area contributed by atoms with Gasteiger partial charge in [0.25, 0.3) is 0 Å². The van der Waals surface area contributed by atoms with Crippen LogP contribution in [0.5, 0.6) is 0 Å². The summed E-state index contributed by atoms with van der Waals surface area (Å²) in [5.41, 5.74) is 7.39. The fourth-order valence-corrected chi connectivity index (χ4v) is 2.70. The van der Waals surface area contributed by atoms with Gasteiger partial charge in [-0.15, -0.1) is 0 Å². The minimum absolute atomic E-state index is 0.368. The molecule has 2 rings (SSSR count). The fourth-order valence-electron chi connectivity index (χ4n) is 2.46. The van der Waals surface area contributed by atoms with Crippen molar-refractivity contribution in [2.24, 2.45) is 11.7 Å². The molecule has 1 aromatic heterocycles. The van der Waals surface area contributed by atoms with Crippen molar-refractivity contribution in [3.05, 3.63) is 28.5 Å². The van der Waals surface area contributed by atoms with E-state index >= 15 is 0 Å². The second-order valence-electron chi connectivity index (χ2n) is 4.73. The first kappa shape index (κ1) is 12.1. The molecule has 2 unspecified atom stereocenters. The lowest BCUT2D eigenvalue weighted by Crippen LogP contribution is -2.30. The first-order valence-corrected chi connectivity index (χ1v) is 6.91. The van der Waals surface area contributed by atoms with Gasteiger partial charge in [-0.1, -0.05) is 19.3 Å². The molecule has 2 nitrogen and oxygen atoms in total. The molecule has 1 aliphatic carbocycles.